The summed E-state index contributed by atoms with van der Waals surface area (Å²) in [5.41, 5.74) is 1.35. The lowest BCUT2D eigenvalue weighted by Crippen LogP contribution is -2.59. The molecule has 1 fully saturated rings. The molecule has 1 heterocycles. The van der Waals surface area contributed by atoms with E-state index in [1.165, 1.54) is 0 Å². The summed E-state index contributed by atoms with van der Waals surface area (Å²) in [6.45, 7) is 12.0. The van der Waals surface area contributed by atoms with Gasteiger partial charge in [-0.3, -0.25) is 4.90 Å². The van der Waals surface area contributed by atoms with E-state index in [-0.39, 0.29) is 5.41 Å². The first kappa shape index (κ1) is 16.1. The van der Waals surface area contributed by atoms with Crippen molar-refractivity contribution in [3.8, 4) is 0 Å². The summed E-state index contributed by atoms with van der Waals surface area (Å²) in [6, 6.07) is 6.71. The number of piperazine rings is 1. The quantitative estimate of drug-likeness (QED) is 0.880. The maximum atomic E-state index is 6.31. The molecule has 0 spiro atoms. The van der Waals surface area contributed by atoms with Crippen molar-refractivity contribution >= 4 is 23.2 Å². The van der Waals surface area contributed by atoms with Crippen molar-refractivity contribution in [1.29, 1.82) is 0 Å². The average molecular weight is 315 g/mol. The fourth-order valence-electron chi connectivity index (χ4n) is 2.90. The van der Waals surface area contributed by atoms with Crippen LogP contribution in [0.3, 0.4) is 0 Å². The molecule has 2 nitrogen and oxygen atoms in total. The lowest BCUT2D eigenvalue weighted by atomic mass is 9.83. The minimum absolute atomic E-state index is 0.234. The van der Waals surface area contributed by atoms with Gasteiger partial charge in [0.15, 0.2) is 0 Å². The van der Waals surface area contributed by atoms with Gasteiger partial charge in [0, 0.05) is 41.8 Å². The summed E-state index contributed by atoms with van der Waals surface area (Å²) >= 11 is 12.4. The first-order valence-corrected chi connectivity index (χ1v) is 7.94. The summed E-state index contributed by atoms with van der Waals surface area (Å²) in [5, 5.41) is 5.13. The molecule has 1 saturated heterocycles. The van der Waals surface area contributed by atoms with E-state index in [1.807, 2.05) is 18.2 Å². The fourth-order valence-corrected chi connectivity index (χ4v) is 3.27. The standard InChI is InChI=1S/C16H24Cl2N2/c1-11-9-20(15(8-19-11)16(2,3)4)10-12-7-13(17)5-6-14(12)18/h5-7,11,15,19H,8-10H2,1-4H3. The third-order valence-electron chi connectivity index (χ3n) is 3.99. The van der Waals surface area contributed by atoms with Gasteiger partial charge in [-0.2, -0.15) is 0 Å². The summed E-state index contributed by atoms with van der Waals surface area (Å²) in [4.78, 5) is 2.53. The van der Waals surface area contributed by atoms with E-state index < -0.39 is 0 Å². The lowest BCUT2D eigenvalue weighted by molar-refractivity contribution is 0.0526. The third-order valence-corrected chi connectivity index (χ3v) is 4.59. The maximum absolute atomic E-state index is 6.31. The molecule has 0 radical (unpaired) electrons. The van der Waals surface area contributed by atoms with Crippen LogP contribution in [0, 0.1) is 5.41 Å². The third kappa shape index (κ3) is 3.88. The number of hydrogen-bond donors (Lipinski definition) is 1. The zero-order valence-corrected chi connectivity index (χ0v) is 14.2. The smallest absolute Gasteiger partial charge is 0.0452 e. The molecule has 1 aromatic carbocycles. The predicted molar refractivity (Wildman–Crippen MR) is 87.6 cm³/mol. The van der Waals surface area contributed by atoms with E-state index >= 15 is 0 Å². The van der Waals surface area contributed by atoms with E-state index in [0.29, 0.717) is 12.1 Å². The van der Waals surface area contributed by atoms with Crippen LogP contribution in [0.4, 0.5) is 0 Å². The van der Waals surface area contributed by atoms with Crippen molar-refractivity contribution in [2.24, 2.45) is 5.41 Å². The molecule has 0 aromatic heterocycles. The highest BCUT2D eigenvalue weighted by Gasteiger charge is 2.34. The molecule has 0 aliphatic carbocycles. The highest BCUT2D eigenvalue weighted by molar-refractivity contribution is 6.33. The summed E-state index contributed by atoms with van der Waals surface area (Å²) in [6.07, 6.45) is 0. The van der Waals surface area contributed by atoms with Gasteiger partial charge < -0.3 is 5.32 Å². The molecule has 0 amide bonds. The molecule has 2 rings (SSSR count). The number of hydrogen-bond acceptors (Lipinski definition) is 2. The molecule has 20 heavy (non-hydrogen) atoms. The Balaban J connectivity index is 2.21. The second-order valence-corrected chi connectivity index (χ2v) is 7.70. The van der Waals surface area contributed by atoms with Crippen LogP contribution in [-0.2, 0) is 6.54 Å². The highest BCUT2D eigenvalue weighted by atomic mass is 35.5. The minimum Gasteiger partial charge on any atom is -0.311 e. The Morgan fingerprint density at radius 2 is 2.00 bits per heavy atom. The first-order chi connectivity index (χ1) is 9.27. The topological polar surface area (TPSA) is 15.3 Å². The van der Waals surface area contributed by atoms with Gasteiger partial charge in [0.25, 0.3) is 0 Å². The van der Waals surface area contributed by atoms with E-state index in [0.717, 1.165) is 35.2 Å². The van der Waals surface area contributed by atoms with Crippen LogP contribution in [0.25, 0.3) is 0 Å². The molecule has 0 bridgehead atoms. The Morgan fingerprint density at radius 3 is 2.65 bits per heavy atom. The average Bonchev–Trinajstić information content (AvgIpc) is 2.32. The maximum Gasteiger partial charge on any atom is 0.0452 e. The molecular formula is C16H24Cl2N2. The van der Waals surface area contributed by atoms with Crippen LogP contribution < -0.4 is 5.32 Å². The van der Waals surface area contributed by atoms with Gasteiger partial charge in [0.2, 0.25) is 0 Å². The van der Waals surface area contributed by atoms with Crippen LogP contribution in [-0.4, -0.2) is 30.1 Å². The van der Waals surface area contributed by atoms with Crippen LogP contribution in [0.2, 0.25) is 10.0 Å². The molecule has 0 saturated carbocycles. The van der Waals surface area contributed by atoms with Crippen LogP contribution in [0.1, 0.15) is 33.3 Å². The second-order valence-electron chi connectivity index (χ2n) is 6.86. The summed E-state index contributed by atoms with van der Waals surface area (Å²) in [5.74, 6) is 0. The van der Waals surface area contributed by atoms with Gasteiger partial charge in [-0.05, 0) is 36.1 Å². The van der Waals surface area contributed by atoms with E-state index in [2.05, 4.69) is 37.9 Å². The number of nitrogens with one attached hydrogen (secondary N) is 1. The molecule has 1 aliphatic heterocycles. The van der Waals surface area contributed by atoms with Crippen LogP contribution in [0.5, 0.6) is 0 Å². The predicted octanol–water partition coefficient (Wildman–Crippen LogP) is 4.20. The molecule has 1 N–H and O–H groups in total. The molecule has 1 aliphatic rings. The van der Waals surface area contributed by atoms with Crippen molar-refractivity contribution < 1.29 is 0 Å². The molecule has 1 aromatic rings. The monoisotopic (exact) mass is 314 g/mol. The van der Waals surface area contributed by atoms with Gasteiger partial charge in [-0.25, -0.2) is 0 Å². The van der Waals surface area contributed by atoms with Crippen molar-refractivity contribution in [2.75, 3.05) is 13.1 Å². The van der Waals surface area contributed by atoms with Crippen molar-refractivity contribution in [3.05, 3.63) is 33.8 Å². The number of rotatable bonds is 2. The van der Waals surface area contributed by atoms with Gasteiger partial charge in [-0.1, -0.05) is 44.0 Å². The molecule has 112 valence electrons. The van der Waals surface area contributed by atoms with Crippen molar-refractivity contribution in [2.45, 2.75) is 46.3 Å². The zero-order chi connectivity index (χ0) is 14.9. The zero-order valence-electron chi connectivity index (χ0n) is 12.7. The number of benzene rings is 1. The Kier molecular flexibility index (Phi) is 5.01. The number of nitrogens with zero attached hydrogens (tertiary/aromatic N) is 1. The molecular weight excluding hydrogens is 291 g/mol. The molecule has 4 heteroatoms. The molecule has 2 unspecified atom stereocenters. The Bertz CT molecular complexity index is 468. The second kappa shape index (κ2) is 6.23. The van der Waals surface area contributed by atoms with Gasteiger partial charge in [0.05, 0.1) is 0 Å². The van der Waals surface area contributed by atoms with Crippen molar-refractivity contribution in [1.82, 2.24) is 10.2 Å². The van der Waals surface area contributed by atoms with Crippen LogP contribution >= 0.6 is 23.2 Å². The van der Waals surface area contributed by atoms with Gasteiger partial charge in [0.1, 0.15) is 0 Å². The SMILES string of the molecule is CC1CN(Cc2cc(Cl)ccc2Cl)C(C(C)(C)C)CN1. The Hall–Kier alpha value is -0.280. The summed E-state index contributed by atoms with van der Waals surface area (Å²) in [7, 11) is 0. The summed E-state index contributed by atoms with van der Waals surface area (Å²) < 4.78 is 0. The van der Waals surface area contributed by atoms with Crippen LogP contribution in [0.15, 0.2) is 18.2 Å². The van der Waals surface area contributed by atoms with E-state index in [1.54, 1.807) is 0 Å². The minimum atomic E-state index is 0.234. The van der Waals surface area contributed by atoms with E-state index in [9.17, 15) is 0 Å². The highest BCUT2D eigenvalue weighted by Crippen LogP contribution is 2.30. The van der Waals surface area contributed by atoms with Gasteiger partial charge in [-0.15, -0.1) is 0 Å². The Labute approximate surface area is 132 Å². The lowest BCUT2D eigenvalue weighted by Gasteiger charge is -2.46. The number of halogens is 2. The fraction of sp³-hybridized carbons (Fsp3) is 0.625. The molecule has 2 atom stereocenters. The Morgan fingerprint density at radius 1 is 1.30 bits per heavy atom. The van der Waals surface area contributed by atoms with Crippen molar-refractivity contribution in [3.63, 3.8) is 0 Å². The normalized spacial score (nSPS) is 24.9. The largest absolute Gasteiger partial charge is 0.311 e. The van der Waals surface area contributed by atoms with E-state index in [4.69, 9.17) is 23.2 Å². The first-order valence-electron chi connectivity index (χ1n) is 7.18. The van der Waals surface area contributed by atoms with Gasteiger partial charge >= 0.3 is 0 Å².